The van der Waals surface area contributed by atoms with Crippen LogP contribution in [0.15, 0.2) is 18.2 Å². The number of nitrogens with one attached hydrogen (secondary N) is 1. The normalized spacial score (nSPS) is 11.6. The number of anilines is 1. The molecule has 0 aliphatic carbocycles. The van der Waals surface area contributed by atoms with Crippen LogP contribution in [0.5, 0.6) is 0 Å². The van der Waals surface area contributed by atoms with Crippen LogP contribution >= 0.6 is 11.6 Å². The van der Waals surface area contributed by atoms with E-state index in [2.05, 4.69) is 5.32 Å². The van der Waals surface area contributed by atoms with Gasteiger partial charge in [-0.25, -0.2) is 4.39 Å². The third-order valence-corrected chi connectivity index (χ3v) is 2.22. The molecule has 0 fully saturated rings. The van der Waals surface area contributed by atoms with E-state index in [0.29, 0.717) is 0 Å². The second-order valence-corrected chi connectivity index (χ2v) is 3.65. The summed E-state index contributed by atoms with van der Waals surface area (Å²) in [5.74, 6) is -0.570. The molecule has 0 radical (unpaired) electrons. The molecule has 1 aromatic rings. The van der Waals surface area contributed by atoms with Crippen LogP contribution < -0.4 is 5.32 Å². The van der Waals surface area contributed by atoms with E-state index < -0.39 is 18.4 Å². The highest BCUT2D eigenvalue weighted by Crippen LogP contribution is 2.25. The number of benzene rings is 1. The van der Waals surface area contributed by atoms with Crippen LogP contribution in [0.25, 0.3) is 0 Å². The molecule has 6 heteroatoms. The van der Waals surface area contributed by atoms with Crippen molar-refractivity contribution in [2.24, 2.45) is 0 Å². The van der Waals surface area contributed by atoms with Crippen molar-refractivity contribution in [1.82, 2.24) is 0 Å². The third kappa shape index (κ3) is 4.26. The van der Waals surface area contributed by atoms with E-state index in [0.717, 1.165) is 0 Å². The molecule has 16 heavy (non-hydrogen) atoms. The predicted molar refractivity (Wildman–Crippen MR) is 55.2 cm³/mol. The average molecular weight is 256 g/mol. The van der Waals surface area contributed by atoms with Gasteiger partial charge in [-0.3, -0.25) is 0 Å². The van der Waals surface area contributed by atoms with Crippen molar-refractivity contribution in [3.05, 3.63) is 29.0 Å². The van der Waals surface area contributed by atoms with Gasteiger partial charge in [0, 0.05) is 13.0 Å². The fourth-order valence-corrected chi connectivity index (χ4v) is 1.40. The zero-order valence-corrected chi connectivity index (χ0v) is 9.00. The summed E-state index contributed by atoms with van der Waals surface area (Å²) in [4.78, 5) is 0. The van der Waals surface area contributed by atoms with Crippen molar-refractivity contribution in [2.75, 3.05) is 11.9 Å². The largest absolute Gasteiger partial charge is 0.389 e. The molecule has 0 atom stereocenters. The van der Waals surface area contributed by atoms with Crippen molar-refractivity contribution in [3.8, 4) is 0 Å². The molecule has 1 N–H and O–H groups in total. The molecule has 0 bridgehead atoms. The minimum absolute atomic E-state index is 0.0279. The van der Waals surface area contributed by atoms with Crippen LogP contribution in [-0.4, -0.2) is 12.7 Å². The molecule has 0 heterocycles. The monoisotopic (exact) mass is 255 g/mol. The Bertz CT molecular complexity index is 331. The molecule has 0 saturated heterocycles. The van der Waals surface area contributed by atoms with E-state index in [1.807, 2.05) is 0 Å². The molecule has 1 aromatic carbocycles. The second-order valence-electron chi connectivity index (χ2n) is 3.24. The summed E-state index contributed by atoms with van der Waals surface area (Å²) in [5.41, 5.74) is 0.0475. The Morgan fingerprint density at radius 3 is 2.50 bits per heavy atom. The maximum absolute atomic E-state index is 13.1. The van der Waals surface area contributed by atoms with Crippen LogP contribution in [0.2, 0.25) is 5.02 Å². The first kappa shape index (κ1) is 13.1. The maximum Gasteiger partial charge on any atom is 0.389 e. The highest BCUT2D eigenvalue weighted by atomic mass is 35.5. The quantitative estimate of drug-likeness (QED) is 0.627. The highest BCUT2D eigenvalue weighted by molar-refractivity contribution is 6.33. The lowest BCUT2D eigenvalue weighted by Crippen LogP contribution is -2.11. The first-order valence-electron chi connectivity index (χ1n) is 4.65. The fourth-order valence-electron chi connectivity index (χ4n) is 1.17. The van der Waals surface area contributed by atoms with Crippen molar-refractivity contribution in [1.29, 1.82) is 0 Å². The van der Waals surface area contributed by atoms with E-state index >= 15 is 0 Å². The highest BCUT2D eigenvalue weighted by Gasteiger charge is 2.25. The first-order chi connectivity index (χ1) is 7.40. The van der Waals surface area contributed by atoms with E-state index in [1.54, 1.807) is 0 Å². The Balaban J connectivity index is 2.43. The summed E-state index contributed by atoms with van der Waals surface area (Å²) >= 11 is 5.67. The summed E-state index contributed by atoms with van der Waals surface area (Å²) in [7, 11) is 0. The molecule has 0 unspecified atom stereocenters. The third-order valence-electron chi connectivity index (χ3n) is 1.90. The summed E-state index contributed by atoms with van der Waals surface area (Å²) < 4.78 is 48.6. The zero-order valence-electron chi connectivity index (χ0n) is 8.24. The fraction of sp³-hybridized carbons (Fsp3) is 0.400. The van der Waals surface area contributed by atoms with Gasteiger partial charge in [0.25, 0.3) is 0 Å². The number of hydrogen-bond acceptors (Lipinski definition) is 1. The Morgan fingerprint density at radius 2 is 1.94 bits per heavy atom. The van der Waals surface area contributed by atoms with Gasteiger partial charge in [-0.2, -0.15) is 13.2 Å². The lowest BCUT2D eigenvalue weighted by atomic mass is 10.2. The van der Waals surface area contributed by atoms with Gasteiger partial charge in [0.2, 0.25) is 0 Å². The maximum atomic E-state index is 13.1. The van der Waals surface area contributed by atoms with Crippen molar-refractivity contribution >= 4 is 17.3 Å². The molecular formula is C10H10ClF4N. The van der Waals surface area contributed by atoms with Crippen LogP contribution in [-0.2, 0) is 0 Å². The number of halogens is 5. The van der Waals surface area contributed by atoms with Gasteiger partial charge in [0.05, 0.1) is 10.7 Å². The van der Waals surface area contributed by atoms with Gasteiger partial charge in [-0.1, -0.05) is 17.7 Å². The van der Waals surface area contributed by atoms with Gasteiger partial charge in [0.15, 0.2) is 0 Å². The van der Waals surface area contributed by atoms with Gasteiger partial charge >= 0.3 is 6.18 Å². The smallest absolute Gasteiger partial charge is 0.381 e. The van der Waals surface area contributed by atoms with Gasteiger partial charge < -0.3 is 5.32 Å². The molecule has 0 saturated carbocycles. The molecule has 0 amide bonds. The SMILES string of the molecule is Fc1cccc(Cl)c1NCCCC(F)(F)F. The van der Waals surface area contributed by atoms with Crippen LogP contribution in [0.3, 0.4) is 0 Å². The second kappa shape index (κ2) is 5.39. The summed E-state index contributed by atoms with van der Waals surface area (Å²) in [6.07, 6.45) is -5.19. The van der Waals surface area contributed by atoms with Crippen LogP contribution in [0.4, 0.5) is 23.2 Å². The topological polar surface area (TPSA) is 12.0 Å². The Kier molecular flexibility index (Phi) is 4.41. The van der Waals surface area contributed by atoms with Gasteiger partial charge in [-0.05, 0) is 18.6 Å². The van der Waals surface area contributed by atoms with E-state index in [1.165, 1.54) is 18.2 Å². The first-order valence-corrected chi connectivity index (χ1v) is 5.02. The Morgan fingerprint density at radius 1 is 1.25 bits per heavy atom. The molecule has 90 valence electrons. The van der Waals surface area contributed by atoms with Crippen molar-refractivity contribution in [2.45, 2.75) is 19.0 Å². The average Bonchev–Trinajstić information content (AvgIpc) is 2.14. The number of rotatable bonds is 4. The van der Waals surface area contributed by atoms with Crippen LogP contribution in [0.1, 0.15) is 12.8 Å². The lowest BCUT2D eigenvalue weighted by molar-refractivity contribution is -0.134. The molecule has 1 rings (SSSR count). The van der Waals surface area contributed by atoms with Crippen LogP contribution in [0, 0.1) is 5.82 Å². The minimum Gasteiger partial charge on any atom is -0.381 e. The Hall–Kier alpha value is -0.970. The number of hydrogen-bond donors (Lipinski definition) is 1. The summed E-state index contributed by atoms with van der Waals surface area (Å²) in [6.45, 7) is 0.0279. The number of para-hydroxylation sites is 1. The molecule has 0 aliphatic heterocycles. The standard InChI is InChI=1S/C10H10ClF4N/c11-7-3-1-4-8(12)9(7)16-6-2-5-10(13,14)15/h1,3-4,16H,2,5-6H2. The van der Waals surface area contributed by atoms with Gasteiger partial charge in [-0.15, -0.1) is 0 Å². The summed E-state index contributed by atoms with van der Waals surface area (Å²) in [5, 5.41) is 2.71. The molecule has 1 nitrogen and oxygen atoms in total. The molecule has 0 spiro atoms. The van der Waals surface area contributed by atoms with Crippen molar-refractivity contribution < 1.29 is 17.6 Å². The van der Waals surface area contributed by atoms with E-state index in [9.17, 15) is 17.6 Å². The molecule has 0 aliphatic rings. The Labute approximate surface area is 95.4 Å². The summed E-state index contributed by atoms with van der Waals surface area (Å²) in [6, 6.07) is 4.09. The molecular weight excluding hydrogens is 246 g/mol. The van der Waals surface area contributed by atoms with E-state index in [4.69, 9.17) is 11.6 Å². The molecule has 0 aromatic heterocycles. The predicted octanol–water partition coefficient (Wildman–Crippen LogP) is 4.23. The lowest BCUT2D eigenvalue weighted by Gasteiger charge is -2.10. The minimum atomic E-state index is -4.18. The van der Waals surface area contributed by atoms with Crippen molar-refractivity contribution in [3.63, 3.8) is 0 Å². The number of alkyl halides is 3. The van der Waals surface area contributed by atoms with E-state index in [-0.39, 0.29) is 23.7 Å². The zero-order chi connectivity index (χ0) is 12.2. The van der Waals surface area contributed by atoms with Gasteiger partial charge in [0.1, 0.15) is 5.82 Å².